The second-order valence-electron chi connectivity index (χ2n) is 9.17. The van der Waals surface area contributed by atoms with Gasteiger partial charge >= 0.3 is 0 Å². The van der Waals surface area contributed by atoms with Crippen molar-refractivity contribution in [2.45, 2.75) is 20.8 Å². The quantitative estimate of drug-likeness (QED) is 0.199. The Hall–Kier alpha value is -4.85. The van der Waals surface area contributed by atoms with E-state index in [2.05, 4.69) is 52.5 Å². The van der Waals surface area contributed by atoms with Gasteiger partial charge in [0.2, 0.25) is 0 Å². The number of nitrogens with one attached hydrogen (secondary N) is 3. The van der Waals surface area contributed by atoms with Crippen LogP contribution in [0.5, 0.6) is 0 Å². The topological polar surface area (TPSA) is 95.2 Å². The molecule has 0 aliphatic carbocycles. The molecule has 4 aromatic heterocycles. The zero-order chi connectivity index (χ0) is 26.8. The lowest BCUT2D eigenvalue weighted by Gasteiger charge is -2.14. The van der Waals surface area contributed by atoms with E-state index < -0.39 is 0 Å². The van der Waals surface area contributed by atoms with Crippen LogP contribution in [0, 0.1) is 11.7 Å². The van der Waals surface area contributed by atoms with Crippen molar-refractivity contribution in [1.29, 1.82) is 0 Å². The summed E-state index contributed by atoms with van der Waals surface area (Å²) in [6.45, 7) is 14.2. The van der Waals surface area contributed by atoms with E-state index >= 15 is 0 Å². The Morgan fingerprint density at radius 2 is 1.87 bits per heavy atom. The molecule has 0 saturated heterocycles. The minimum Gasteiger partial charge on any atom is -0.359 e. The van der Waals surface area contributed by atoms with Crippen LogP contribution >= 0.6 is 0 Å². The number of nitrogens with zero attached hydrogens (tertiary/aromatic N) is 4. The van der Waals surface area contributed by atoms with E-state index in [-0.39, 0.29) is 11.7 Å². The van der Waals surface area contributed by atoms with E-state index in [0.717, 1.165) is 33.7 Å². The molecule has 0 aliphatic heterocycles. The van der Waals surface area contributed by atoms with Gasteiger partial charge in [0.05, 0.1) is 22.4 Å². The lowest BCUT2D eigenvalue weighted by atomic mass is 10.1. The third-order valence-corrected chi connectivity index (χ3v) is 6.27. The maximum atomic E-state index is 13.9. The van der Waals surface area contributed by atoms with E-state index in [1.54, 1.807) is 18.3 Å². The van der Waals surface area contributed by atoms with Crippen LogP contribution in [-0.2, 0) is 0 Å². The molecule has 0 saturated carbocycles. The zero-order valence-electron chi connectivity index (χ0n) is 21.5. The molecule has 5 rings (SSSR count). The van der Waals surface area contributed by atoms with Gasteiger partial charge in [0, 0.05) is 23.2 Å². The minimum absolute atomic E-state index is 0.288. The van der Waals surface area contributed by atoms with Crippen LogP contribution in [-0.4, -0.2) is 30.1 Å². The number of rotatable bonds is 8. The lowest BCUT2D eigenvalue weighted by molar-refractivity contribution is 0.628. The molecule has 0 radical (unpaired) electrons. The summed E-state index contributed by atoms with van der Waals surface area (Å²) in [7, 11) is 0. The predicted octanol–water partition coefficient (Wildman–Crippen LogP) is 6.93. The summed E-state index contributed by atoms with van der Waals surface area (Å²) in [5.74, 6) is 0.501. The van der Waals surface area contributed by atoms with Gasteiger partial charge in [-0.05, 0) is 60.9 Å². The number of hydrogen-bond donors (Lipinski definition) is 3. The van der Waals surface area contributed by atoms with Gasteiger partial charge in [0.1, 0.15) is 16.9 Å². The molecule has 0 aliphatic rings. The first-order valence-electron chi connectivity index (χ1n) is 12.3. The normalized spacial score (nSPS) is 12.4. The van der Waals surface area contributed by atoms with Crippen LogP contribution in [0.2, 0.25) is 0 Å². The number of pyridine rings is 2. The van der Waals surface area contributed by atoms with Gasteiger partial charge < -0.3 is 10.3 Å². The summed E-state index contributed by atoms with van der Waals surface area (Å²) in [5.41, 5.74) is 8.11. The van der Waals surface area contributed by atoms with E-state index in [1.807, 2.05) is 43.3 Å². The fraction of sp³-hybridized carbons (Fsp3) is 0.133. The molecule has 4 heterocycles. The van der Waals surface area contributed by atoms with Crippen LogP contribution in [0.4, 0.5) is 4.39 Å². The Balaban J connectivity index is 1.56. The molecule has 0 fully saturated rings. The van der Waals surface area contributed by atoms with Crippen LogP contribution in [0.25, 0.3) is 50.4 Å². The average Bonchev–Trinajstić information content (AvgIpc) is 3.54. The van der Waals surface area contributed by atoms with Crippen molar-refractivity contribution in [3.8, 4) is 22.8 Å². The van der Waals surface area contributed by atoms with Crippen molar-refractivity contribution >= 4 is 27.6 Å². The number of allylic oxidation sites excluding steroid dienone is 5. The number of fused-ring (bicyclic) bond motifs is 2. The second-order valence-corrected chi connectivity index (χ2v) is 9.17. The molecule has 190 valence electrons. The van der Waals surface area contributed by atoms with Crippen LogP contribution in [0.1, 0.15) is 26.5 Å². The SMILES string of the molecule is C=C/C(=C\C(=C/C)c1ccc2[nH]nc(-c3nc4c(-c5cccc(F)c5)nccc4[nH]3)c2n1)NC(=C)C(C)C. The molecule has 0 amide bonds. The Kier molecular flexibility index (Phi) is 6.70. The average molecular weight is 506 g/mol. The van der Waals surface area contributed by atoms with Gasteiger partial charge in [-0.15, -0.1) is 0 Å². The van der Waals surface area contributed by atoms with Gasteiger partial charge in [-0.1, -0.05) is 45.2 Å². The number of aromatic nitrogens is 6. The highest BCUT2D eigenvalue weighted by Crippen LogP contribution is 2.30. The molecule has 0 spiro atoms. The fourth-order valence-electron chi connectivity index (χ4n) is 4.07. The van der Waals surface area contributed by atoms with Gasteiger partial charge in [-0.3, -0.25) is 10.1 Å². The summed E-state index contributed by atoms with van der Waals surface area (Å²) in [4.78, 5) is 17.5. The van der Waals surface area contributed by atoms with Gasteiger partial charge in [0.25, 0.3) is 0 Å². The Morgan fingerprint density at radius 3 is 2.61 bits per heavy atom. The summed E-state index contributed by atoms with van der Waals surface area (Å²) < 4.78 is 13.9. The highest BCUT2D eigenvalue weighted by Gasteiger charge is 2.18. The maximum Gasteiger partial charge on any atom is 0.161 e. The van der Waals surface area contributed by atoms with Crippen molar-refractivity contribution in [1.82, 2.24) is 35.5 Å². The Morgan fingerprint density at radius 1 is 1.05 bits per heavy atom. The third-order valence-electron chi connectivity index (χ3n) is 6.27. The van der Waals surface area contributed by atoms with Crippen LogP contribution in [0.15, 0.2) is 91.4 Å². The lowest BCUT2D eigenvalue weighted by Crippen LogP contribution is -2.14. The van der Waals surface area contributed by atoms with Gasteiger partial charge in [0.15, 0.2) is 11.5 Å². The molecule has 0 atom stereocenters. The molecule has 38 heavy (non-hydrogen) atoms. The number of imidazole rings is 1. The van der Waals surface area contributed by atoms with E-state index in [9.17, 15) is 4.39 Å². The summed E-state index contributed by atoms with van der Waals surface area (Å²) in [5, 5.41) is 10.9. The number of hydrogen-bond acceptors (Lipinski definition) is 5. The smallest absolute Gasteiger partial charge is 0.161 e. The summed E-state index contributed by atoms with van der Waals surface area (Å²) in [6, 6.07) is 12.0. The summed E-state index contributed by atoms with van der Waals surface area (Å²) >= 11 is 0. The van der Waals surface area contributed by atoms with Crippen molar-refractivity contribution < 1.29 is 4.39 Å². The molecule has 1 aromatic carbocycles. The maximum absolute atomic E-state index is 13.9. The molecule has 0 bridgehead atoms. The first-order valence-corrected chi connectivity index (χ1v) is 12.3. The minimum atomic E-state index is -0.329. The molecule has 8 heteroatoms. The van der Waals surface area contributed by atoms with Crippen molar-refractivity contribution in [3.05, 3.63) is 103 Å². The highest BCUT2D eigenvalue weighted by molar-refractivity contribution is 5.95. The first-order chi connectivity index (χ1) is 18.4. The first kappa shape index (κ1) is 24.8. The van der Waals surface area contributed by atoms with Crippen molar-refractivity contribution in [2.24, 2.45) is 5.92 Å². The highest BCUT2D eigenvalue weighted by atomic mass is 19.1. The third kappa shape index (κ3) is 4.76. The van der Waals surface area contributed by atoms with Gasteiger partial charge in [-0.25, -0.2) is 14.4 Å². The number of H-pyrrole nitrogens is 2. The standard InChI is InChI=1S/C30H28FN7/c1-6-19(16-22(7-2)33-18(5)17(3)4)23-11-12-25-28(34-23)29(38-37-25)30-35-24-13-14-32-26(27(24)36-30)20-9-8-10-21(31)15-20/h6-17,33H,2,5H2,1,3-4H3,(H,35,36)(H,37,38)/b19-6+,22-16+. The van der Waals surface area contributed by atoms with Crippen molar-refractivity contribution in [2.75, 3.05) is 0 Å². The molecular formula is C30H28FN7. The van der Waals surface area contributed by atoms with E-state index in [4.69, 9.17) is 9.97 Å². The molecule has 0 unspecified atom stereocenters. The van der Waals surface area contributed by atoms with Crippen LogP contribution < -0.4 is 5.32 Å². The fourth-order valence-corrected chi connectivity index (χ4v) is 4.07. The van der Waals surface area contributed by atoms with E-state index in [1.165, 1.54) is 12.1 Å². The Labute approximate surface area is 220 Å². The number of benzene rings is 1. The molecule has 3 N–H and O–H groups in total. The molecule has 5 aromatic rings. The largest absolute Gasteiger partial charge is 0.359 e. The summed E-state index contributed by atoms with van der Waals surface area (Å²) in [6.07, 6.45) is 7.42. The number of halogens is 1. The van der Waals surface area contributed by atoms with Crippen LogP contribution in [0.3, 0.4) is 0 Å². The van der Waals surface area contributed by atoms with Gasteiger partial charge in [-0.2, -0.15) is 5.10 Å². The molecule has 7 nitrogen and oxygen atoms in total. The zero-order valence-corrected chi connectivity index (χ0v) is 21.5. The predicted molar refractivity (Wildman–Crippen MR) is 151 cm³/mol. The van der Waals surface area contributed by atoms with Crippen molar-refractivity contribution in [3.63, 3.8) is 0 Å². The second kappa shape index (κ2) is 10.3. The monoisotopic (exact) mass is 505 g/mol. The number of aromatic amines is 2. The molecular weight excluding hydrogens is 477 g/mol. The van der Waals surface area contributed by atoms with E-state index in [0.29, 0.717) is 33.8 Å². The Bertz CT molecular complexity index is 1740.